The Hall–Kier alpha value is -1.83. The van der Waals surface area contributed by atoms with Gasteiger partial charge in [0.15, 0.2) is 0 Å². The first-order chi connectivity index (χ1) is 7.33. The Kier molecular flexibility index (Phi) is 4.95. The lowest BCUT2D eigenvalue weighted by atomic mass is 10.2. The number of carbonyl (C=O) groups is 1. The molecule has 1 aromatic carbocycles. The first kappa shape index (κ1) is 11.2. The highest BCUT2D eigenvalue weighted by molar-refractivity contribution is 5.87. The monoisotopic (exact) mass is 202 g/mol. The zero-order valence-electron chi connectivity index (χ0n) is 8.72. The second kappa shape index (κ2) is 6.60. The van der Waals surface area contributed by atoms with Gasteiger partial charge in [-0.05, 0) is 24.1 Å². The molecule has 0 bridgehead atoms. The summed E-state index contributed by atoms with van der Waals surface area (Å²) >= 11 is 0. The molecule has 0 aliphatic rings. The van der Waals surface area contributed by atoms with Crippen molar-refractivity contribution >= 4 is 12.0 Å². The molecule has 0 unspecified atom stereocenters. The summed E-state index contributed by atoms with van der Waals surface area (Å²) in [6.45, 7) is 1.98. The number of esters is 1. The number of ether oxygens (including phenoxy) is 1. The van der Waals surface area contributed by atoms with Crippen molar-refractivity contribution in [2.45, 2.75) is 13.3 Å². The first-order valence-corrected chi connectivity index (χ1v) is 4.91. The van der Waals surface area contributed by atoms with Gasteiger partial charge in [-0.2, -0.15) is 0 Å². The number of carbonyl (C=O) groups excluding carboxylic acids is 1. The molecule has 0 saturated heterocycles. The third kappa shape index (κ3) is 4.81. The molecule has 0 amide bonds. The minimum absolute atomic E-state index is 0.358. The fourth-order valence-corrected chi connectivity index (χ4v) is 0.979. The molecule has 15 heavy (non-hydrogen) atoms. The van der Waals surface area contributed by atoms with E-state index in [9.17, 15) is 4.79 Å². The lowest BCUT2D eigenvalue weighted by molar-refractivity contribution is -0.132. The Labute approximate surface area is 89.9 Å². The summed E-state index contributed by atoms with van der Waals surface area (Å²) in [7, 11) is 0. The molecular weight excluding hydrogens is 188 g/mol. The standard InChI is InChI=1S/C13H14O2/c1-2-3-11-15-13(14)10-9-12-7-5-4-6-8-12/h3-11H,2H2,1H3. The van der Waals surface area contributed by atoms with E-state index < -0.39 is 0 Å². The van der Waals surface area contributed by atoms with E-state index in [1.807, 2.05) is 37.3 Å². The molecule has 0 fully saturated rings. The number of hydrogen-bond donors (Lipinski definition) is 0. The van der Waals surface area contributed by atoms with Crippen LogP contribution in [0.15, 0.2) is 48.7 Å². The third-order valence-corrected chi connectivity index (χ3v) is 1.73. The van der Waals surface area contributed by atoms with Crippen molar-refractivity contribution in [1.82, 2.24) is 0 Å². The van der Waals surface area contributed by atoms with Crippen LogP contribution in [-0.4, -0.2) is 5.97 Å². The Morgan fingerprint density at radius 1 is 1.33 bits per heavy atom. The van der Waals surface area contributed by atoms with Gasteiger partial charge in [0.2, 0.25) is 0 Å². The molecule has 2 nitrogen and oxygen atoms in total. The molecule has 2 heteroatoms. The minimum Gasteiger partial charge on any atom is -0.432 e. The van der Waals surface area contributed by atoms with Crippen LogP contribution in [0.1, 0.15) is 18.9 Å². The maximum Gasteiger partial charge on any atom is 0.335 e. The van der Waals surface area contributed by atoms with Crippen molar-refractivity contribution in [2.75, 3.05) is 0 Å². The van der Waals surface area contributed by atoms with Gasteiger partial charge >= 0.3 is 5.97 Å². The van der Waals surface area contributed by atoms with Gasteiger partial charge in [0.05, 0.1) is 6.26 Å². The Bertz CT molecular complexity index is 350. The van der Waals surface area contributed by atoms with Crippen LogP contribution in [0.5, 0.6) is 0 Å². The summed E-state index contributed by atoms with van der Waals surface area (Å²) in [5.74, 6) is -0.358. The molecule has 0 N–H and O–H groups in total. The van der Waals surface area contributed by atoms with Crippen LogP contribution in [0.2, 0.25) is 0 Å². The summed E-state index contributed by atoms with van der Waals surface area (Å²) < 4.78 is 4.80. The van der Waals surface area contributed by atoms with Gasteiger partial charge in [-0.25, -0.2) is 4.79 Å². The molecule has 0 aliphatic heterocycles. The van der Waals surface area contributed by atoms with Gasteiger partial charge < -0.3 is 4.74 Å². The van der Waals surface area contributed by atoms with Crippen LogP contribution in [0.4, 0.5) is 0 Å². The minimum atomic E-state index is -0.358. The van der Waals surface area contributed by atoms with Gasteiger partial charge in [0.25, 0.3) is 0 Å². The van der Waals surface area contributed by atoms with Crippen LogP contribution < -0.4 is 0 Å². The highest BCUT2D eigenvalue weighted by Crippen LogP contribution is 2.01. The normalized spacial score (nSPS) is 11.0. The molecule has 1 aromatic rings. The molecule has 0 aromatic heterocycles. The SMILES string of the molecule is CCC=COC(=O)C=Cc1ccccc1. The lowest BCUT2D eigenvalue weighted by Crippen LogP contribution is -1.92. The average Bonchev–Trinajstić information content (AvgIpc) is 2.28. The van der Waals surface area contributed by atoms with Crippen molar-refractivity contribution in [2.24, 2.45) is 0 Å². The first-order valence-electron chi connectivity index (χ1n) is 4.91. The maximum atomic E-state index is 11.1. The van der Waals surface area contributed by atoms with Crippen molar-refractivity contribution in [3.63, 3.8) is 0 Å². The largest absolute Gasteiger partial charge is 0.432 e. The van der Waals surface area contributed by atoms with E-state index in [1.54, 1.807) is 12.2 Å². The molecule has 0 radical (unpaired) electrons. The molecule has 1 rings (SSSR count). The van der Waals surface area contributed by atoms with Crippen molar-refractivity contribution < 1.29 is 9.53 Å². The number of rotatable bonds is 4. The van der Waals surface area contributed by atoms with Crippen LogP contribution in [0.3, 0.4) is 0 Å². The molecule has 78 valence electrons. The zero-order chi connectivity index (χ0) is 10.9. The van der Waals surface area contributed by atoms with Gasteiger partial charge in [-0.3, -0.25) is 0 Å². The van der Waals surface area contributed by atoms with Crippen molar-refractivity contribution in [3.05, 3.63) is 54.3 Å². The summed E-state index contributed by atoms with van der Waals surface area (Å²) in [5, 5.41) is 0. The second-order valence-electron chi connectivity index (χ2n) is 2.96. The highest BCUT2D eigenvalue weighted by atomic mass is 16.5. The highest BCUT2D eigenvalue weighted by Gasteiger charge is 1.92. The Balaban J connectivity index is 2.44. The van der Waals surface area contributed by atoms with E-state index in [1.165, 1.54) is 12.3 Å². The second-order valence-corrected chi connectivity index (χ2v) is 2.96. The van der Waals surface area contributed by atoms with Crippen LogP contribution >= 0.6 is 0 Å². The summed E-state index contributed by atoms with van der Waals surface area (Å²) in [6, 6.07) is 9.61. The van der Waals surface area contributed by atoms with Gasteiger partial charge in [-0.15, -0.1) is 0 Å². The van der Waals surface area contributed by atoms with E-state index in [4.69, 9.17) is 4.74 Å². The van der Waals surface area contributed by atoms with Crippen LogP contribution in [-0.2, 0) is 9.53 Å². The van der Waals surface area contributed by atoms with Crippen molar-refractivity contribution in [1.29, 1.82) is 0 Å². The molecule has 0 spiro atoms. The van der Waals surface area contributed by atoms with Gasteiger partial charge in [0, 0.05) is 6.08 Å². The molecule has 0 heterocycles. The van der Waals surface area contributed by atoms with Gasteiger partial charge in [0.1, 0.15) is 0 Å². The molecule has 0 saturated carbocycles. The van der Waals surface area contributed by atoms with E-state index >= 15 is 0 Å². The molecular formula is C13H14O2. The fraction of sp³-hybridized carbons (Fsp3) is 0.154. The summed E-state index contributed by atoms with van der Waals surface area (Å²) in [6.07, 6.45) is 7.19. The van der Waals surface area contributed by atoms with E-state index in [2.05, 4.69) is 0 Å². The smallest absolute Gasteiger partial charge is 0.335 e. The predicted molar refractivity (Wildman–Crippen MR) is 61.0 cm³/mol. The van der Waals surface area contributed by atoms with E-state index in [-0.39, 0.29) is 5.97 Å². The van der Waals surface area contributed by atoms with Gasteiger partial charge in [-0.1, -0.05) is 37.3 Å². The van der Waals surface area contributed by atoms with Crippen molar-refractivity contribution in [3.8, 4) is 0 Å². The number of allylic oxidation sites excluding steroid dienone is 1. The zero-order valence-corrected chi connectivity index (χ0v) is 8.72. The maximum absolute atomic E-state index is 11.1. The third-order valence-electron chi connectivity index (χ3n) is 1.73. The number of benzene rings is 1. The summed E-state index contributed by atoms with van der Waals surface area (Å²) in [4.78, 5) is 11.1. The Morgan fingerprint density at radius 3 is 2.73 bits per heavy atom. The average molecular weight is 202 g/mol. The topological polar surface area (TPSA) is 26.3 Å². The lowest BCUT2D eigenvalue weighted by Gasteiger charge is -1.92. The predicted octanol–water partition coefficient (Wildman–Crippen LogP) is 3.17. The quantitative estimate of drug-likeness (QED) is 0.426. The van der Waals surface area contributed by atoms with Crippen LogP contribution in [0.25, 0.3) is 6.08 Å². The van der Waals surface area contributed by atoms with Crippen LogP contribution in [0, 0.1) is 0 Å². The molecule has 0 atom stereocenters. The number of hydrogen-bond acceptors (Lipinski definition) is 2. The van der Waals surface area contributed by atoms with E-state index in [0.29, 0.717) is 0 Å². The molecule has 0 aliphatic carbocycles. The fourth-order valence-electron chi connectivity index (χ4n) is 0.979. The summed E-state index contributed by atoms with van der Waals surface area (Å²) in [5.41, 5.74) is 0.980. The Morgan fingerprint density at radius 2 is 2.07 bits per heavy atom. The van der Waals surface area contributed by atoms with E-state index in [0.717, 1.165) is 12.0 Å².